The van der Waals surface area contributed by atoms with E-state index in [-0.39, 0.29) is 12.1 Å². The van der Waals surface area contributed by atoms with E-state index in [0.717, 1.165) is 25.8 Å². The lowest BCUT2D eigenvalue weighted by Crippen LogP contribution is -2.50. The minimum absolute atomic E-state index is 0.135. The molecular weight excluding hydrogens is 288 g/mol. The molecular formula is C19H30N2O2. The van der Waals surface area contributed by atoms with E-state index >= 15 is 0 Å². The largest absolute Gasteiger partial charge is 0.444 e. The first-order chi connectivity index (χ1) is 10.9. The van der Waals surface area contributed by atoms with Crippen LogP contribution >= 0.6 is 0 Å². The SMILES string of the molecule is CC(C)(C)OC(=O)NC1CCCCCC1NCc1ccccc1. The third-order valence-electron chi connectivity index (χ3n) is 4.13. The number of alkyl carbamates (subject to hydrolysis) is 1. The summed E-state index contributed by atoms with van der Waals surface area (Å²) in [7, 11) is 0. The fourth-order valence-electron chi connectivity index (χ4n) is 3.03. The van der Waals surface area contributed by atoms with Crippen molar-refractivity contribution in [3.63, 3.8) is 0 Å². The summed E-state index contributed by atoms with van der Waals surface area (Å²) in [5.74, 6) is 0. The Morgan fingerprint density at radius 3 is 2.39 bits per heavy atom. The third-order valence-corrected chi connectivity index (χ3v) is 4.13. The highest BCUT2D eigenvalue weighted by molar-refractivity contribution is 5.68. The highest BCUT2D eigenvalue weighted by Gasteiger charge is 2.26. The van der Waals surface area contributed by atoms with E-state index < -0.39 is 5.60 Å². The standard InChI is InChI=1S/C19H30N2O2/c1-19(2,3)23-18(22)21-17-13-9-5-8-12-16(17)20-14-15-10-6-4-7-11-15/h4,6-7,10-11,16-17,20H,5,8-9,12-14H2,1-3H3,(H,21,22). The van der Waals surface area contributed by atoms with Crippen LogP contribution in [0.5, 0.6) is 0 Å². The Bertz CT molecular complexity index is 482. The van der Waals surface area contributed by atoms with Crippen molar-refractivity contribution in [2.24, 2.45) is 0 Å². The molecule has 0 heterocycles. The molecule has 2 N–H and O–H groups in total. The quantitative estimate of drug-likeness (QED) is 0.825. The Kier molecular flexibility index (Phi) is 6.46. The van der Waals surface area contributed by atoms with Gasteiger partial charge in [0.25, 0.3) is 0 Å². The smallest absolute Gasteiger partial charge is 0.407 e. The topological polar surface area (TPSA) is 50.4 Å². The first-order valence-corrected chi connectivity index (χ1v) is 8.71. The van der Waals surface area contributed by atoms with Crippen molar-refractivity contribution in [3.8, 4) is 0 Å². The summed E-state index contributed by atoms with van der Waals surface area (Å²) in [5, 5.41) is 6.70. The lowest BCUT2D eigenvalue weighted by molar-refractivity contribution is 0.0489. The van der Waals surface area contributed by atoms with Crippen LogP contribution in [0.3, 0.4) is 0 Å². The van der Waals surface area contributed by atoms with Gasteiger partial charge in [0, 0.05) is 18.6 Å². The Morgan fingerprint density at radius 1 is 1.09 bits per heavy atom. The van der Waals surface area contributed by atoms with Crippen LogP contribution in [-0.4, -0.2) is 23.8 Å². The van der Waals surface area contributed by atoms with Gasteiger partial charge in [-0.15, -0.1) is 0 Å². The summed E-state index contributed by atoms with van der Waals surface area (Å²) in [6, 6.07) is 10.8. The van der Waals surface area contributed by atoms with E-state index in [0.29, 0.717) is 6.04 Å². The molecule has 1 aromatic carbocycles. The molecule has 128 valence electrons. The van der Waals surface area contributed by atoms with Crippen molar-refractivity contribution in [2.45, 2.75) is 77.1 Å². The average molecular weight is 318 g/mol. The molecule has 2 rings (SSSR count). The summed E-state index contributed by atoms with van der Waals surface area (Å²) in [5.41, 5.74) is 0.815. The van der Waals surface area contributed by atoms with Crippen molar-refractivity contribution >= 4 is 6.09 Å². The summed E-state index contributed by atoms with van der Waals surface area (Å²) in [6.07, 6.45) is 5.38. The van der Waals surface area contributed by atoms with Gasteiger partial charge in [0.2, 0.25) is 0 Å². The van der Waals surface area contributed by atoms with E-state index in [1.165, 1.54) is 18.4 Å². The van der Waals surface area contributed by atoms with Crippen LogP contribution in [0.2, 0.25) is 0 Å². The number of amides is 1. The molecule has 0 aliphatic heterocycles. The summed E-state index contributed by atoms with van der Waals surface area (Å²) >= 11 is 0. The molecule has 0 spiro atoms. The molecule has 4 heteroatoms. The average Bonchev–Trinajstić information content (AvgIpc) is 2.69. The van der Waals surface area contributed by atoms with Gasteiger partial charge in [0.05, 0.1) is 0 Å². The number of hydrogen-bond acceptors (Lipinski definition) is 3. The van der Waals surface area contributed by atoms with Gasteiger partial charge in [-0.2, -0.15) is 0 Å². The number of ether oxygens (including phenoxy) is 1. The highest BCUT2D eigenvalue weighted by atomic mass is 16.6. The summed E-state index contributed by atoms with van der Waals surface area (Å²) in [4.78, 5) is 12.1. The number of hydrogen-bond donors (Lipinski definition) is 2. The van der Waals surface area contributed by atoms with Crippen LogP contribution in [0, 0.1) is 0 Å². The molecule has 1 fully saturated rings. The van der Waals surface area contributed by atoms with Crippen molar-refractivity contribution in [1.29, 1.82) is 0 Å². The van der Waals surface area contributed by atoms with Crippen LogP contribution in [0.15, 0.2) is 30.3 Å². The van der Waals surface area contributed by atoms with Gasteiger partial charge >= 0.3 is 6.09 Å². The first-order valence-electron chi connectivity index (χ1n) is 8.71. The zero-order valence-corrected chi connectivity index (χ0v) is 14.6. The molecule has 2 unspecified atom stereocenters. The predicted molar refractivity (Wildman–Crippen MR) is 93.3 cm³/mol. The van der Waals surface area contributed by atoms with Crippen molar-refractivity contribution in [3.05, 3.63) is 35.9 Å². The van der Waals surface area contributed by atoms with Crippen LogP contribution < -0.4 is 10.6 Å². The summed E-state index contributed by atoms with van der Waals surface area (Å²) < 4.78 is 5.41. The van der Waals surface area contributed by atoms with Crippen molar-refractivity contribution in [2.75, 3.05) is 0 Å². The van der Waals surface area contributed by atoms with Crippen LogP contribution in [0.25, 0.3) is 0 Å². The zero-order valence-electron chi connectivity index (χ0n) is 14.6. The lowest BCUT2D eigenvalue weighted by Gasteiger charge is -2.29. The normalized spacial score (nSPS) is 22.2. The van der Waals surface area contributed by atoms with Gasteiger partial charge in [-0.3, -0.25) is 0 Å². The van der Waals surface area contributed by atoms with Gasteiger partial charge in [0.15, 0.2) is 0 Å². The monoisotopic (exact) mass is 318 g/mol. The Labute approximate surface area is 140 Å². The van der Waals surface area contributed by atoms with Gasteiger partial charge in [0.1, 0.15) is 5.60 Å². The van der Waals surface area contributed by atoms with Crippen LogP contribution in [0.1, 0.15) is 58.4 Å². The van der Waals surface area contributed by atoms with Crippen molar-refractivity contribution < 1.29 is 9.53 Å². The second kappa shape index (κ2) is 8.34. The molecule has 2 atom stereocenters. The Morgan fingerprint density at radius 2 is 1.74 bits per heavy atom. The zero-order chi connectivity index (χ0) is 16.7. The van der Waals surface area contributed by atoms with Gasteiger partial charge in [-0.25, -0.2) is 4.79 Å². The Balaban J connectivity index is 1.92. The van der Waals surface area contributed by atoms with E-state index in [9.17, 15) is 4.79 Å². The predicted octanol–water partition coefficient (Wildman–Crippen LogP) is 4.00. The lowest BCUT2D eigenvalue weighted by atomic mass is 10.0. The Hall–Kier alpha value is -1.55. The van der Waals surface area contributed by atoms with E-state index in [1.54, 1.807) is 0 Å². The fraction of sp³-hybridized carbons (Fsp3) is 0.632. The minimum atomic E-state index is -0.457. The van der Waals surface area contributed by atoms with Gasteiger partial charge in [-0.1, -0.05) is 49.6 Å². The maximum atomic E-state index is 12.1. The molecule has 1 aromatic rings. The van der Waals surface area contributed by atoms with E-state index in [2.05, 4.69) is 34.9 Å². The summed E-state index contributed by atoms with van der Waals surface area (Å²) in [6.45, 7) is 6.51. The fourth-order valence-corrected chi connectivity index (χ4v) is 3.03. The number of nitrogens with one attached hydrogen (secondary N) is 2. The molecule has 0 bridgehead atoms. The number of carbonyl (C=O) groups excluding carboxylic acids is 1. The molecule has 0 saturated heterocycles. The highest BCUT2D eigenvalue weighted by Crippen LogP contribution is 2.19. The van der Waals surface area contributed by atoms with Gasteiger partial charge in [-0.05, 0) is 39.2 Å². The van der Waals surface area contributed by atoms with E-state index in [4.69, 9.17) is 4.74 Å². The molecule has 4 nitrogen and oxygen atoms in total. The second-order valence-electron chi connectivity index (χ2n) is 7.36. The van der Waals surface area contributed by atoms with E-state index in [1.807, 2.05) is 26.8 Å². The maximum absolute atomic E-state index is 12.1. The number of benzene rings is 1. The molecule has 0 aromatic heterocycles. The molecule has 1 amide bonds. The third kappa shape index (κ3) is 6.61. The molecule has 1 aliphatic rings. The molecule has 23 heavy (non-hydrogen) atoms. The number of rotatable bonds is 4. The molecule has 0 radical (unpaired) electrons. The van der Waals surface area contributed by atoms with Crippen LogP contribution in [-0.2, 0) is 11.3 Å². The first kappa shape index (κ1) is 17.8. The van der Waals surface area contributed by atoms with Crippen molar-refractivity contribution in [1.82, 2.24) is 10.6 Å². The maximum Gasteiger partial charge on any atom is 0.407 e. The number of carbonyl (C=O) groups is 1. The molecule has 1 aliphatic carbocycles. The van der Waals surface area contributed by atoms with Crippen LogP contribution in [0.4, 0.5) is 4.79 Å². The second-order valence-corrected chi connectivity index (χ2v) is 7.36. The molecule has 1 saturated carbocycles. The minimum Gasteiger partial charge on any atom is -0.444 e. The van der Waals surface area contributed by atoms with Gasteiger partial charge < -0.3 is 15.4 Å².